The molecule has 0 spiro atoms. The van der Waals surface area contributed by atoms with E-state index in [1.807, 2.05) is 12.1 Å². The van der Waals surface area contributed by atoms with Gasteiger partial charge in [0.05, 0.1) is 0 Å². The highest BCUT2D eigenvalue weighted by Crippen LogP contribution is 2.51. The Morgan fingerprint density at radius 3 is 1.62 bits per heavy atom. The van der Waals surface area contributed by atoms with E-state index >= 15 is 0 Å². The lowest BCUT2D eigenvalue weighted by molar-refractivity contribution is 0.464. The van der Waals surface area contributed by atoms with Gasteiger partial charge in [-0.2, -0.15) is 0 Å². The summed E-state index contributed by atoms with van der Waals surface area (Å²) in [4.78, 5) is 0. The highest BCUT2D eigenvalue weighted by atomic mass is 35.5. The van der Waals surface area contributed by atoms with Gasteiger partial charge in [0, 0.05) is 32.8 Å². The first-order valence-electron chi connectivity index (χ1n) is 9.76. The van der Waals surface area contributed by atoms with Gasteiger partial charge >= 0.3 is 0 Å². The smallest absolute Gasteiger partial charge is 0.139 e. The van der Waals surface area contributed by atoms with Crippen molar-refractivity contribution >= 4 is 33.1 Å². The summed E-state index contributed by atoms with van der Waals surface area (Å²) < 4.78 is 6.65. The first-order valence-corrected chi connectivity index (χ1v) is 10.1. The Bertz CT molecular complexity index is 1300. The predicted octanol–water partition coefficient (Wildman–Crippen LogP) is 7.93. The van der Waals surface area contributed by atoms with Gasteiger partial charge in [-0.15, -0.1) is 0 Å². The average Bonchev–Trinajstić information content (AvgIpc) is 2.78. The van der Waals surface area contributed by atoms with Crippen molar-refractivity contribution in [2.75, 3.05) is 0 Å². The van der Waals surface area contributed by atoms with Gasteiger partial charge in [0.2, 0.25) is 0 Å². The van der Waals surface area contributed by atoms with Crippen LogP contribution < -0.4 is 4.74 Å². The summed E-state index contributed by atoms with van der Waals surface area (Å²) in [5.41, 5.74) is 3.59. The number of halogens is 1. The molecule has 0 radical (unpaired) electrons. The highest BCUT2D eigenvalue weighted by molar-refractivity contribution is 6.30. The van der Waals surface area contributed by atoms with Gasteiger partial charge in [-0.3, -0.25) is 0 Å². The molecule has 6 rings (SSSR count). The SMILES string of the molecule is Clc1ccc(C2c3ccc4ccccc4c3Oc3c2ccc2ccccc32)cc1. The van der Waals surface area contributed by atoms with Gasteiger partial charge in [0.25, 0.3) is 0 Å². The van der Waals surface area contributed by atoms with Crippen molar-refractivity contribution in [2.24, 2.45) is 0 Å². The summed E-state index contributed by atoms with van der Waals surface area (Å²) in [6, 6.07) is 33.8. The van der Waals surface area contributed by atoms with E-state index in [1.54, 1.807) is 0 Å². The molecule has 1 aliphatic heterocycles. The van der Waals surface area contributed by atoms with Crippen molar-refractivity contribution < 1.29 is 4.74 Å². The minimum Gasteiger partial charge on any atom is -0.455 e. The summed E-state index contributed by atoms with van der Waals surface area (Å²) in [5, 5.41) is 5.40. The highest BCUT2D eigenvalue weighted by Gasteiger charge is 2.31. The Morgan fingerprint density at radius 2 is 1.07 bits per heavy atom. The van der Waals surface area contributed by atoms with Crippen molar-refractivity contribution in [3.63, 3.8) is 0 Å². The number of fused-ring (bicyclic) bond motifs is 6. The largest absolute Gasteiger partial charge is 0.455 e. The molecule has 5 aromatic rings. The molecular weight excluding hydrogens is 376 g/mol. The maximum Gasteiger partial charge on any atom is 0.139 e. The van der Waals surface area contributed by atoms with Crippen LogP contribution in [0.3, 0.4) is 0 Å². The molecule has 1 nitrogen and oxygen atoms in total. The third-order valence-electron chi connectivity index (χ3n) is 5.85. The molecule has 0 saturated heterocycles. The second kappa shape index (κ2) is 6.37. The first kappa shape index (κ1) is 16.6. The third-order valence-corrected chi connectivity index (χ3v) is 6.10. The molecule has 0 fully saturated rings. The standard InChI is InChI=1S/C27H17ClO/c28-20-13-9-19(10-14-20)25-23-15-11-17-5-1-3-7-21(17)26(23)29-27-22-8-4-2-6-18(22)12-16-24(25)27/h1-16,25H. The average molecular weight is 393 g/mol. The fourth-order valence-corrected chi connectivity index (χ4v) is 4.61. The van der Waals surface area contributed by atoms with E-state index in [0.29, 0.717) is 0 Å². The molecule has 0 aromatic heterocycles. The fraction of sp³-hybridized carbons (Fsp3) is 0.0370. The fourth-order valence-electron chi connectivity index (χ4n) is 4.49. The molecule has 0 bridgehead atoms. The number of rotatable bonds is 1. The van der Waals surface area contributed by atoms with E-state index in [4.69, 9.17) is 16.3 Å². The van der Waals surface area contributed by atoms with Gasteiger partial charge in [0.15, 0.2) is 0 Å². The minimum atomic E-state index is 0.0974. The van der Waals surface area contributed by atoms with Crippen molar-refractivity contribution in [1.82, 2.24) is 0 Å². The Labute approximate surface area is 174 Å². The third kappa shape index (κ3) is 2.55. The Morgan fingerprint density at radius 1 is 0.552 bits per heavy atom. The molecule has 0 amide bonds. The lowest BCUT2D eigenvalue weighted by Crippen LogP contribution is -2.12. The van der Waals surface area contributed by atoms with Gasteiger partial charge in [-0.05, 0) is 28.5 Å². The van der Waals surface area contributed by atoms with Gasteiger partial charge < -0.3 is 4.74 Å². The molecule has 5 aromatic carbocycles. The lowest BCUT2D eigenvalue weighted by Gasteiger charge is -2.30. The molecule has 138 valence electrons. The Balaban J connectivity index is 1.71. The number of hydrogen-bond acceptors (Lipinski definition) is 1. The zero-order valence-corrected chi connectivity index (χ0v) is 16.4. The second-order valence-electron chi connectivity index (χ2n) is 7.50. The van der Waals surface area contributed by atoms with Crippen LogP contribution in [-0.4, -0.2) is 0 Å². The van der Waals surface area contributed by atoms with Crippen LogP contribution in [0.1, 0.15) is 22.6 Å². The van der Waals surface area contributed by atoms with E-state index in [-0.39, 0.29) is 5.92 Å². The van der Waals surface area contributed by atoms with Crippen LogP contribution >= 0.6 is 11.6 Å². The molecule has 29 heavy (non-hydrogen) atoms. The van der Waals surface area contributed by atoms with Crippen LogP contribution in [0.2, 0.25) is 5.02 Å². The molecule has 2 heteroatoms. The van der Waals surface area contributed by atoms with Crippen LogP contribution in [0.5, 0.6) is 11.5 Å². The van der Waals surface area contributed by atoms with Crippen LogP contribution in [0.25, 0.3) is 21.5 Å². The Kier molecular flexibility index (Phi) is 3.65. The van der Waals surface area contributed by atoms with Gasteiger partial charge in [-0.1, -0.05) is 96.5 Å². The van der Waals surface area contributed by atoms with Crippen LogP contribution in [-0.2, 0) is 0 Å². The molecule has 0 N–H and O–H groups in total. The Hall–Kier alpha value is -3.29. The van der Waals surface area contributed by atoms with E-state index in [0.717, 1.165) is 27.3 Å². The van der Waals surface area contributed by atoms with E-state index < -0.39 is 0 Å². The molecule has 0 aliphatic carbocycles. The molecule has 0 atom stereocenters. The number of ether oxygens (including phenoxy) is 1. The van der Waals surface area contributed by atoms with Crippen LogP contribution in [0.15, 0.2) is 97.1 Å². The van der Waals surface area contributed by atoms with Crippen molar-refractivity contribution in [1.29, 1.82) is 0 Å². The second-order valence-corrected chi connectivity index (χ2v) is 7.93. The first-order chi connectivity index (χ1) is 14.3. The van der Waals surface area contributed by atoms with E-state index in [2.05, 4.69) is 84.9 Å². The summed E-state index contributed by atoms with van der Waals surface area (Å²) in [7, 11) is 0. The minimum absolute atomic E-state index is 0.0974. The van der Waals surface area contributed by atoms with Crippen molar-refractivity contribution in [3.8, 4) is 11.5 Å². The zero-order chi connectivity index (χ0) is 19.4. The summed E-state index contributed by atoms with van der Waals surface area (Å²) >= 11 is 6.18. The van der Waals surface area contributed by atoms with Crippen molar-refractivity contribution in [3.05, 3.63) is 119 Å². The maximum absolute atomic E-state index is 6.65. The van der Waals surface area contributed by atoms with Crippen LogP contribution in [0.4, 0.5) is 0 Å². The van der Waals surface area contributed by atoms with E-state index in [9.17, 15) is 0 Å². The molecule has 0 unspecified atom stereocenters. The normalized spacial score (nSPS) is 13.1. The topological polar surface area (TPSA) is 9.23 Å². The number of benzene rings is 5. The van der Waals surface area contributed by atoms with Gasteiger partial charge in [-0.25, -0.2) is 0 Å². The maximum atomic E-state index is 6.65. The van der Waals surface area contributed by atoms with Crippen molar-refractivity contribution in [2.45, 2.75) is 5.92 Å². The number of hydrogen-bond donors (Lipinski definition) is 0. The lowest BCUT2D eigenvalue weighted by atomic mass is 9.81. The van der Waals surface area contributed by atoms with Crippen LogP contribution in [0, 0.1) is 0 Å². The molecule has 0 saturated carbocycles. The summed E-state index contributed by atoms with van der Waals surface area (Å²) in [5.74, 6) is 2.00. The monoisotopic (exact) mass is 392 g/mol. The summed E-state index contributed by atoms with van der Waals surface area (Å²) in [6.45, 7) is 0. The predicted molar refractivity (Wildman–Crippen MR) is 120 cm³/mol. The van der Waals surface area contributed by atoms with E-state index in [1.165, 1.54) is 27.5 Å². The zero-order valence-electron chi connectivity index (χ0n) is 15.6. The molecule has 1 aliphatic rings. The van der Waals surface area contributed by atoms with Gasteiger partial charge in [0.1, 0.15) is 11.5 Å². The summed E-state index contributed by atoms with van der Waals surface area (Å²) in [6.07, 6.45) is 0. The molecular formula is C27H17ClO. The molecule has 1 heterocycles. The quantitative estimate of drug-likeness (QED) is 0.276.